The number of aliphatic hydroxyl groups is 1. The Morgan fingerprint density at radius 2 is 1.96 bits per heavy atom. The molecule has 24 heavy (non-hydrogen) atoms. The van der Waals surface area contributed by atoms with Crippen molar-refractivity contribution in [1.29, 1.82) is 0 Å². The van der Waals surface area contributed by atoms with Crippen molar-refractivity contribution in [3.63, 3.8) is 0 Å². The first-order chi connectivity index (χ1) is 11.4. The number of allylic oxidation sites excluding steroid dienone is 1. The number of hydrogen-bond acceptors (Lipinski definition) is 3. The summed E-state index contributed by atoms with van der Waals surface area (Å²) in [7, 11) is 0. The molecule has 3 fully saturated rings. The second-order valence-corrected chi connectivity index (χ2v) is 9.73. The van der Waals surface area contributed by atoms with E-state index in [9.17, 15) is 10.0 Å². The van der Waals surface area contributed by atoms with Crippen LogP contribution >= 0.6 is 0 Å². The van der Waals surface area contributed by atoms with Gasteiger partial charge in [0.05, 0.1) is 12.1 Å². The standard InChI is InChI=1S/C21H33NO2/c1-13(22-24)17-6-7-18-16-5-4-14-12-15(23)8-10-20(14,2)19(16)9-11-21(17,18)3/h4,13,15-19,23H,5-12H2,1-3H3. The van der Waals surface area contributed by atoms with Crippen molar-refractivity contribution < 1.29 is 5.11 Å². The molecule has 0 amide bonds. The fraction of sp³-hybridized carbons (Fsp3) is 0.905. The third-order valence-electron chi connectivity index (χ3n) is 8.90. The first-order valence-electron chi connectivity index (χ1n) is 10.1. The van der Waals surface area contributed by atoms with Crippen LogP contribution in [0.1, 0.15) is 72.1 Å². The zero-order chi connectivity index (χ0) is 17.1. The fourth-order valence-corrected chi connectivity index (χ4v) is 7.55. The van der Waals surface area contributed by atoms with Gasteiger partial charge >= 0.3 is 0 Å². The molecule has 3 nitrogen and oxygen atoms in total. The Hall–Kier alpha value is -0.700. The minimum Gasteiger partial charge on any atom is -0.393 e. The number of nitroso groups, excluding NO2 is 1. The summed E-state index contributed by atoms with van der Waals surface area (Å²) in [6.45, 7) is 6.96. The van der Waals surface area contributed by atoms with Gasteiger partial charge in [-0.25, -0.2) is 0 Å². The van der Waals surface area contributed by atoms with Gasteiger partial charge in [-0.2, -0.15) is 4.91 Å². The first kappa shape index (κ1) is 16.8. The molecule has 0 bridgehead atoms. The normalized spacial score (nSPS) is 51.8. The van der Waals surface area contributed by atoms with Crippen LogP contribution in [-0.2, 0) is 0 Å². The van der Waals surface area contributed by atoms with E-state index in [1.165, 1.54) is 32.1 Å². The Morgan fingerprint density at radius 3 is 2.71 bits per heavy atom. The maximum atomic E-state index is 11.2. The van der Waals surface area contributed by atoms with Gasteiger partial charge in [0.15, 0.2) is 0 Å². The highest BCUT2D eigenvalue weighted by atomic mass is 16.3. The molecule has 0 heterocycles. The highest BCUT2D eigenvalue weighted by Gasteiger charge is 2.59. The van der Waals surface area contributed by atoms with Crippen LogP contribution in [0.5, 0.6) is 0 Å². The van der Waals surface area contributed by atoms with Crippen molar-refractivity contribution in [2.75, 3.05) is 0 Å². The molecular weight excluding hydrogens is 298 g/mol. The van der Waals surface area contributed by atoms with Gasteiger partial charge in [-0.3, -0.25) is 0 Å². The summed E-state index contributed by atoms with van der Waals surface area (Å²) < 4.78 is 0. The third-order valence-corrected chi connectivity index (χ3v) is 8.90. The monoisotopic (exact) mass is 331 g/mol. The molecule has 0 saturated heterocycles. The Kier molecular flexibility index (Phi) is 3.95. The summed E-state index contributed by atoms with van der Waals surface area (Å²) in [6, 6.07) is -0.0355. The van der Waals surface area contributed by atoms with Crippen LogP contribution in [0.25, 0.3) is 0 Å². The zero-order valence-corrected chi connectivity index (χ0v) is 15.5. The molecule has 0 aromatic heterocycles. The van der Waals surface area contributed by atoms with E-state index < -0.39 is 0 Å². The average molecular weight is 332 g/mol. The van der Waals surface area contributed by atoms with Gasteiger partial charge in [-0.05, 0) is 92.8 Å². The minimum atomic E-state index is -0.120. The molecule has 134 valence electrons. The second-order valence-electron chi connectivity index (χ2n) is 9.73. The topological polar surface area (TPSA) is 49.7 Å². The van der Waals surface area contributed by atoms with E-state index in [1.54, 1.807) is 5.57 Å². The lowest BCUT2D eigenvalue weighted by Crippen LogP contribution is -2.51. The SMILES string of the molecule is CC(N=O)C1CCC2C3CC=C4CC(O)CCC4(C)C3CCC12C. The van der Waals surface area contributed by atoms with Crippen molar-refractivity contribution >= 4 is 0 Å². The molecule has 3 heteroatoms. The number of aliphatic hydroxyl groups excluding tert-OH is 1. The van der Waals surface area contributed by atoms with Crippen LogP contribution in [0.15, 0.2) is 16.8 Å². The van der Waals surface area contributed by atoms with Crippen molar-refractivity contribution in [3.05, 3.63) is 16.6 Å². The predicted molar refractivity (Wildman–Crippen MR) is 96.5 cm³/mol. The molecule has 0 aliphatic heterocycles. The van der Waals surface area contributed by atoms with Crippen LogP contribution < -0.4 is 0 Å². The Morgan fingerprint density at radius 1 is 1.17 bits per heavy atom. The van der Waals surface area contributed by atoms with Gasteiger partial charge in [0, 0.05) is 0 Å². The molecule has 8 unspecified atom stereocenters. The summed E-state index contributed by atoms with van der Waals surface area (Å²) in [6.07, 6.45) is 11.6. The number of nitrogens with zero attached hydrogens (tertiary/aromatic N) is 1. The molecule has 4 aliphatic carbocycles. The van der Waals surface area contributed by atoms with Gasteiger partial charge in [0.2, 0.25) is 0 Å². The van der Waals surface area contributed by atoms with E-state index >= 15 is 0 Å². The minimum absolute atomic E-state index is 0.0355. The number of hydrogen-bond donors (Lipinski definition) is 1. The molecule has 3 saturated carbocycles. The van der Waals surface area contributed by atoms with Crippen molar-refractivity contribution in [2.24, 2.45) is 39.7 Å². The largest absolute Gasteiger partial charge is 0.393 e. The van der Waals surface area contributed by atoms with E-state index in [1.807, 2.05) is 6.92 Å². The molecule has 0 radical (unpaired) electrons. The summed E-state index contributed by atoms with van der Waals surface area (Å²) >= 11 is 0. The van der Waals surface area contributed by atoms with E-state index in [0.717, 1.165) is 37.0 Å². The van der Waals surface area contributed by atoms with Gasteiger partial charge < -0.3 is 5.11 Å². The Bertz CT molecular complexity index is 558. The predicted octanol–water partition coefficient (Wildman–Crippen LogP) is 5.08. The van der Waals surface area contributed by atoms with Crippen LogP contribution in [0.3, 0.4) is 0 Å². The molecule has 0 aromatic carbocycles. The van der Waals surface area contributed by atoms with E-state index in [-0.39, 0.29) is 12.1 Å². The zero-order valence-electron chi connectivity index (χ0n) is 15.5. The van der Waals surface area contributed by atoms with Crippen LogP contribution in [0.2, 0.25) is 0 Å². The van der Waals surface area contributed by atoms with Gasteiger partial charge in [0.1, 0.15) is 0 Å². The van der Waals surface area contributed by atoms with Crippen LogP contribution in [0.4, 0.5) is 0 Å². The lowest BCUT2D eigenvalue weighted by atomic mass is 9.47. The van der Waals surface area contributed by atoms with Crippen molar-refractivity contribution in [3.8, 4) is 0 Å². The Labute approximate surface area is 146 Å². The molecule has 1 N–H and O–H groups in total. The molecule has 4 aliphatic rings. The van der Waals surface area contributed by atoms with E-state index in [2.05, 4.69) is 25.1 Å². The molecule has 0 aromatic rings. The number of fused-ring (bicyclic) bond motifs is 5. The summed E-state index contributed by atoms with van der Waals surface area (Å²) in [5.41, 5.74) is 2.17. The maximum Gasteiger partial charge on any atom is 0.0925 e. The quantitative estimate of drug-likeness (QED) is 0.566. The van der Waals surface area contributed by atoms with E-state index in [4.69, 9.17) is 0 Å². The third kappa shape index (κ3) is 2.19. The highest BCUT2D eigenvalue weighted by Crippen LogP contribution is 2.66. The van der Waals surface area contributed by atoms with Gasteiger partial charge in [0.25, 0.3) is 0 Å². The summed E-state index contributed by atoms with van der Waals surface area (Å²) in [5, 5.41) is 13.5. The summed E-state index contributed by atoms with van der Waals surface area (Å²) in [5.74, 6) is 2.79. The lowest BCUT2D eigenvalue weighted by molar-refractivity contribution is -0.0519. The van der Waals surface area contributed by atoms with Crippen LogP contribution in [0, 0.1) is 39.4 Å². The molecular formula is C21H33NO2. The van der Waals surface area contributed by atoms with Crippen molar-refractivity contribution in [2.45, 2.75) is 84.3 Å². The van der Waals surface area contributed by atoms with Crippen LogP contribution in [-0.4, -0.2) is 17.3 Å². The Balaban J connectivity index is 1.64. The lowest BCUT2D eigenvalue weighted by Gasteiger charge is -2.58. The molecule has 0 spiro atoms. The van der Waals surface area contributed by atoms with Gasteiger partial charge in [-0.15, -0.1) is 0 Å². The first-order valence-corrected chi connectivity index (χ1v) is 10.1. The maximum absolute atomic E-state index is 11.2. The molecule has 4 rings (SSSR count). The number of rotatable bonds is 2. The average Bonchev–Trinajstić information content (AvgIpc) is 2.92. The van der Waals surface area contributed by atoms with Gasteiger partial charge in [-0.1, -0.05) is 30.7 Å². The summed E-state index contributed by atoms with van der Waals surface area (Å²) in [4.78, 5) is 11.2. The van der Waals surface area contributed by atoms with Crippen molar-refractivity contribution in [1.82, 2.24) is 0 Å². The smallest absolute Gasteiger partial charge is 0.0925 e. The highest BCUT2D eigenvalue weighted by molar-refractivity contribution is 5.25. The molecule has 8 atom stereocenters. The second kappa shape index (κ2) is 5.65. The van der Waals surface area contributed by atoms with E-state index in [0.29, 0.717) is 16.7 Å². The fourth-order valence-electron chi connectivity index (χ4n) is 7.55.